The molecule has 13 heavy (non-hydrogen) atoms. The van der Waals surface area contributed by atoms with Crippen LogP contribution >= 0.6 is 0 Å². The highest BCUT2D eigenvalue weighted by molar-refractivity contribution is 5.81. The van der Waals surface area contributed by atoms with Gasteiger partial charge in [0, 0.05) is 7.05 Å². The fourth-order valence-corrected chi connectivity index (χ4v) is 0.653. The first-order chi connectivity index (χ1) is 5.72. The van der Waals surface area contributed by atoms with Crippen LogP contribution in [0.1, 0.15) is 20.8 Å². The van der Waals surface area contributed by atoms with Crippen molar-refractivity contribution >= 4 is 11.9 Å². The molecule has 0 unspecified atom stereocenters. The van der Waals surface area contributed by atoms with Crippen molar-refractivity contribution in [2.75, 3.05) is 13.6 Å². The number of likely N-dealkylation sites (N-methyl/N-ethyl adjacent to an activating group) is 1. The molecule has 5 nitrogen and oxygen atoms in total. The lowest BCUT2D eigenvalue weighted by atomic mass is 10.2. The number of esters is 1. The molecule has 3 N–H and O–H groups in total. The van der Waals surface area contributed by atoms with Gasteiger partial charge < -0.3 is 15.4 Å². The number of ether oxygens (including phenoxy) is 1. The van der Waals surface area contributed by atoms with E-state index in [1.165, 1.54) is 4.90 Å². The van der Waals surface area contributed by atoms with Crippen LogP contribution < -0.4 is 5.73 Å². The van der Waals surface area contributed by atoms with E-state index in [0.717, 1.165) is 0 Å². The summed E-state index contributed by atoms with van der Waals surface area (Å²) in [5.74, 6) is -0.531. The van der Waals surface area contributed by atoms with E-state index in [1.54, 1.807) is 27.8 Å². The second-order valence-electron chi connectivity index (χ2n) is 3.83. The summed E-state index contributed by atoms with van der Waals surface area (Å²) in [5, 5.41) is 7.02. The lowest BCUT2D eigenvalue weighted by molar-refractivity contribution is -0.154. The van der Waals surface area contributed by atoms with Crippen LogP contribution in [0.4, 0.5) is 0 Å². The van der Waals surface area contributed by atoms with Gasteiger partial charge in [0.1, 0.15) is 12.1 Å². The maximum Gasteiger partial charge on any atom is 0.326 e. The predicted octanol–water partition coefficient (Wildman–Crippen LogP) is 0.153. The molecular weight excluding hydrogens is 170 g/mol. The van der Waals surface area contributed by atoms with Crippen molar-refractivity contribution in [2.24, 2.45) is 5.73 Å². The number of nitrogens with zero attached hydrogens (tertiary/aromatic N) is 1. The van der Waals surface area contributed by atoms with Crippen LogP contribution in [0, 0.1) is 5.41 Å². The van der Waals surface area contributed by atoms with Gasteiger partial charge in [-0.2, -0.15) is 0 Å². The van der Waals surface area contributed by atoms with E-state index in [0.29, 0.717) is 0 Å². The lowest BCUT2D eigenvalue weighted by Gasteiger charge is -2.22. The summed E-state index contributed by atoms with van der Waals surface area (Å²) < 4.78 is 5.03. The molecule has 0 spiro atoms. The number of hydrogen-bond donors (Lipinski definition) is 2. The van der Waals surface area contributed by atoms with Gasteiger partial charge in [0.2, 0.25) is 0 Å². The topological polar surface area (TPSA) is 79.4 Å². The van der Waals surface area contributed by atoms with Gasteiger partial charge in [0.25, 0.3) is 0 Å². The third-order valence-electron chi connectivity index (χ3n) is 1.20. The first-order valence-electron chi connectivity index (χ1n) is 3.99. The molecule has 0 amide bonds. The molecule has 0 radical (unpaired) electrons. The number of nitrogens with one attached hydrogen (secondary N) is 1. The van der Waals surface area contributed by atoms with E-state index in [1.807, 2.05) is 0 Å². The van der Waals surface area contributed by atoms with Gasteiger partial charge in [-0.1, -0.05) is 0 Å². The van der Waals surface area contributed by atoms with Crippen LogP contribution in [-0.2, 0) is 9.53 Å². The number of nitrogens with two attached hydrogens (primary N) is 1. The van der Waals surface area contributed by atoms with Gasteiger partial charge in [-0.15, -0.1) is 0 Å². The zero-order valence-corrected chi connectivity index (χ0v) is 8.55. The second-order valence-corrected chi connectivity index (χ2v) is 3.83. The average Bonchev–Trinajstić information content (AvgIpc) is 1.81. The van der Waals surface area contributed by atoms with Crippen LogP contribution in [0.15, 0.2) is 0 Å². The normalized spacial score (nSPS) is 10.8. The highest BCUT2D eigenvalue weighted by Crippen LogP contribution is 2.06. The molecule has 5 heteroatoms. The molecule has 0 aromatic carbocycles. The van der Waals surface area contributed by atoms with E-state index >= 15 is 0 Å². The zero-order chi connectivity index (χ0) is 10.6. The summed E-state index contributed by atoms with van der Waals surface area (Å²) in [5.41, 5.74) is 4.66. The van der Waals surface area contributed by atoms with Crippen LogP contribution in [0.5, 0.6) is 0 Å². The molecule has 0 aliphatic rings. The fourth-order valence-electron chi connectivity index (χ4n) is 0.653. The highest BCUT2D eigenvalue weighted by atomic mass is 16.6. The van der Waals surface area contributed by atoms with Crippen molar-refractivity contribution in [1.82, 2.24) is 4.90 Å². The summed E-state index contributed by atoms with van der Waals surface area (Å²) in [6.45, 7) is 5.38. The van der Waals surface area contributed by atoms with Crippen LogP contribution in [0.2, 0.25) is 0 Å². The maximum absolute atomic E-state index is 11.2. The molecule has 0 saturated carbocycles. The van der Waals surface area contributed by atoms with Gasteiger partial charge in [-0.25, -0.2) is 0 Å². The number of rotatable bonds is 2. The van der Waals surface area contributed by atoms with Crippen LogP contribution in [-0.4, -0.2) is 36.0 Å². The molecule has 0 aromatic rings. The fraction of sp³-hybridized carbons (Fsp3) is 0.750. The molecule has 0 fully saturated rings. The Labute approximate surface area is 78.4 Å². The summed E-state index contributed by atoms with van der Waals surface area (Å²) in [7, 11) is 1.56. The van der Waals surface area contributed by atoms with E-state index in [9.17, 15) is 4.79 Å². The first kappa shape index (κ1) is 11.7. The molecule has 0 atom stereocenters. The quantitative estimate of drug-likeness (QED) is 0.366. The van der Waals surface area contributed by atoms with Crippen molar-refractivity contribution in [3.8, 4) is 0 Å². The number of carbonyl (C=O) groups excluding carboxylic acids is 1. The van der Waals surface area contributed by atoms with Gasteiger partial charge >= 0.3 is 5.97 Å². The number of hydrogen-bond acceptors (Lipinski definition) is 3. The van der Waals surface area contributed by atoms with Crippen molar-refractivity contribution in [2.45, 2.75) is 26.4 Å². The molecule has 0 aromatic heterocycles. The summed E-state index contributed by atoms with van der Waals surface area (Å²) >= 11 is 0. The summed E-state index contributed by atoms with van der Waals surface area (Å²) in [6.07, 6.45) is 0. The molecule has 0 heterocycles. The van der Waals surface area contributed by atoms with Crippen molar-refractivity contribution in [1.29, 1.82) is 5.41 Å². The molecular formula is C8H17N3O2. The standard InChI is InChI=1S/C8H17N3O2/c1-8(2,3)13-6(12)5-11(4)7(9)10/h5H2,1-4H3,(H3,9,10). The maximum atomic E-state index is 11.2. The van der Waals surface area contributed by atoms with Gasteiger partial charge in [0.15, 0.2) is 5.96 Å². The molecule has 0 bridgehead atoms. The van der Waals surface area contributed by atoms with Crippen molar-refractivity contribution in [3.63, 3.8) is 0 Å². The minimum atomic E-state index is -0.491. The molecule has 76 valence electrons. The van der Waals surface area contributed by atoms with E-state index < -0.39 is 5.60 Å². The third-order valence-corrected chi connectivity index (χ3v) is 1.20. The SMILES string of the molecule is CN(CC(=O)OC(C)(C)C)C(=N)N. The van der Waals surface area contributed by atoms with Gasteiger partial charge in [0.05, 0.1) is 0 Å². The predicted molar refractivity (Wildman–Crippen MR) is 50.4 cm³/mol. The minimum absolute atomic E-state index is 0.00655. The Bertz CT molecular complexity index is 208. The molecule has 0 rings (SSSR count). The highest BCUT2D eigenvalue weighted by Gasteiger charge is 2.17. The Morgan fingerprint density at radius 3 is 2.31 bits per heavy atom. The molecule has 0 aliphatic carbocycles. The van der Waals surface area contributed by atoms with E-state index in [-0.39, 0.29) is 18.5 Å². The van der Waals surface area contributed by atoms with Crippen LogP contribution in [0.3, 0.4) is 0 Å². The Morgan fingerprint density at radius 1 is 1.54 bits per heavy atom. The van der Waals surface area contributed by atoms with Crippen LogP contribution in [0.25, 0.3) is 0 Å². The summed E-state index contributed by atoms with van der Waals surface area (Å²) in [4.78, 5) is 12.5. The Morgan fingerprint density at radius 2 is 2.00 bits per heavy atom. The average molecular weight is 187 g/mol. The first-order valence-corrected chi connectivity index (χ1v) is 3.99. The Hall–Kier alpha value is -1.26. The largest absolute Gasteiger partial charge is 0.459 e. The second kappa shape index (κ2) is 4.11. The van der Waals surface area contributed by atoms with Gasteiger partial charge in [-0.3, -0.25) is 10.2 Å². The third kappa shape index (κ3) is 5.95. The van der Waals surface area contributed by atoms with E-state index in [2.05, 4.69) is 0 Å². The Balaban J connectivity index is 3.96. The lowest BCUT2D eigenvalue weighted by Crippen LogP contribution is -2.39. The zero-order valence-electron chi connectivity index (χ0n) is 8.55. The van der Waals surface area contributed by atoms with Gasteiger partial charge in [-0.05, 0) is 20.8 Å². The smallest absolute Gasteiger partial charge is 0.326 e. The van der Waals surface area contributed by atoms with E-state index in [4.69, 9.17) is 15.9 Å². The Kier molecular flexibility index (Phi) is 3.71. The monoisotopic (exact) mass is 187 g/mol. The number of carbonyl (C=O) groups is 1. The van der Waals surface area contributed by atoms with Crippen molar-refractivity contribution < 1.29 is 9.53 Å². The molecule has 0 saturated heterocycles. The summed E-state index contributed by atoms with van der Waals surface area (Å²) in [6, 6.07) is 0. The van der Waals surface area contributed by atoms with Crippen molar-refractivity contribution in [3.05, 3.63) is 0 Å². The minimum Gasteiger partial charge on any atom is -0.459 e. The number of guanidine groups is 1. The molecule has 0 aliphatic heterocycles.